The molecular weight excluding hydrogens is 184 g/mol. The minimum atomic E-state index is -0.349. The molecule has 74 valence electrons. The molecule has 1 aromatic carbocycles. The Labute approximate surface area is 80.8 Å². The number of fused-ring (bicyclic) bond motifs is 1. The van der Waals surface area contributed by atoms with Crippen molar-refractivity contribution in [3.05, 3.63) is 33.9 Å². The number of hydrogen-bond acceptors (Lipinski definition) is 4. The summed E-state index contributed by atoms with van der Waals surface area (Å²) in [7, 11) is 0. The van der Waals surface area contributed by atoms with Crippen molar-refractivity contribution in [2.45, 2.75) is 6.54 Å². The monoisotopic (exact) mass is 194 g/mol. The van der Waals surface area contributed by atoms with Gasteiger partial charge in [-0.25, -0.2) is 0 Å². The molecule has 0 unspecified atom stereocenters. The van der Waals surface area contributed by atoms with Crippen molar-refractivity contribution in [3.8, 4) is 5.75 Å². The van der Waals surface area contributed by atoms with Gasteiger partial charge >= 0.3 is 0 Å². The van der Waals surface area contributed by atoms with Crippen molar-refractivity contribution in [1.82, 2.24) is 0 Å². The van der Waals surface area contributed by atoms with E-state index < -0.39 is 0 Å². The highest BCUT2D eigenvalue weighted by molar-refractivity contribution is 5.58. The number of benzene rings is 1. The van der Waals surface area contributed by atoms with Crippen molar-refractivity contribution < 1.29 is 9.66 Å². The second kappa shape index (κ2) is 3.53. The molecule has 1 heterocycles. The van der Waals surface area contributed by atoms with Gasteiger partial charge in [0.2, 0.25) is 6.54 Å². The summed E-state index contributed by atoms with van der Waals surface area (Å²) in [4.78, 5) is 9.94. The number of anilines is 1. The average molecular weight is 194 g/mol. The maximum Gasteiger partial charge on any atom is 0.229 e. The van der Waals surface area contributed by atoms with Crippen LogP contribution in [0.4, 0.5) is 5.69 Å². The van der Waals surface area contributed by atoms with E-state index in [1.807, 2.05) is 6.07 Å². The minimum Gasteiger partial charge on any atom is -0.490 e. The molecule has 0 saturated carbocycles. The fourth-order valence-corrected chi connectivity index (χ4v) is 1.43. The fourth-order valence-electron chi connectivity index (χ4n) is 1.43. The first-order valence-electron chi connectivity index (χ1n) is 4.37. The van der Waals surface area contributed by atoms with Gasteiger partial charge in [-0.15, -0.1) is 0 Å². The summed E-state index contributed by atoms with van der Waals surface area (Å²) < 4.78 is 5.36. The zero-order chi connectivity index (χ0) is 9.97. The molecule has 1 N–H and O–H groups in total. The van der Waals surface area contributed by atoms with E-state index in [-0.39, 0.29) is 11.5 Å². The molecule has 2 rings (SSSR count). The highest BCUT2D eigenvalue weighted by Crippen LogP contribution is 2.28. The van der Waals surface area contributed by atoms with Gasteiger partial charge in [-0.3, -0.25) is 10.1 Å². The maximum absolute atomic E-state index is 10.3. The number of ether oxygens (including phenoxy) is 1. The quantitative estimate of drug-likeness (QED) is 0.568. The Morgan fingerprint density at radius 3 is 3.21 bits per heavy atom. The van der Waals surface area contributed by atoms with Crippen LogP contribution >= 0.6 is 0 Å². The van der Waals surface area contributed by atoms with E-state index in [0.717, 1.165) is 12.2 Å². The Kier molecular flexibility index (Phi) is 2.22. The molecule has 1 aliphatic heterocycles. The number of nitro groups is 1. The lowest BCUT2D eigenvalue weighted by atomic mass is 10.2. The van der Waals surface area contributed by atoms with Crippen LogP contribution in [0.1, 0.15) is 5.56 Å². The largest absolute Gasteiger partial charge is 0.490 e. The lowest BCUT2D eigenvalue weighted by Crippen LogP contribution is -2.18. The molecule has 5 nitrogen and oxygen atoms in total. The predicted octanol–water partition coefficient (Wildman–Crippen LogP) is 1.27. The van der Waals surface area contributed by atoms with Crippen LogP contribution < -0.4 is 10.1 Å². The third-order valence-corrected chi connectivity index (χ3v) is 2.03. The van der Waals surface area contributed by atoms with Gasteiger partial charge in [-0.05, 0) is 12.1 Å². The molecular formula is C9H10N2O3. The molecule has 0 spiro atoms. The Hall–Kier alpha value is -1.78. The Morgan fingerprint density at radius 2 is 2.43 bits per heavy atom. The highest BCUT2D eigenvalue weighted by atomic mass is 16.6. The van der Waals surface area contributed by atoms with Crippen molar-refractivity contribution in [3.63, 3.8) is 0 Å². The molecule has 0 bridgehead atoms. The van der Waals surface area contributed by atoms with E-state index >= 15 is 0 Å². The molecule has 1 aromatic rings. The Balaban J connectivity index is 2.24. The summed E-state index contributed by atoms with van der Waals surface area (Å²) >= 11 is 0. The van der Waals surface area contributed by atoms with Crippen molar-refractivity contribution in [1.29, 1.82) is 0 Å². The molecule has 0 saturated heterocycles. The number of hydrogen-bond donors (Lipinski definition) is 1. The van der Waals surface area contributed by atoms with Crippen molar-refractivity contribution in [2.75, 3.05) is 18.5 Å². The number of nitrogens with one attached hydrogen (secondary N) is 1. The second-order valence-corrected chi connectivity index (χ2v) is 3.10. The molecule has 14 heavy (non-hydrogen) atoms. The van der Waals surface area contributed by atoms with Gasteiger partial charge in [0, 0.05) is 17.0 Å². The van der Waals surface area contributed by atoms with E-state index in [9.17, 15) is 10.1 Å². The van der Waals surface area contributed by atoms with Crippen molar-refractivity contribution >= 4 is 5.69 Å². The molecule has 0 atom stereocenters. The predicted molar refractivity (Wildman–Crippen MR) is 51.1 cm³/mol. The second-order valence-electron chi connectivity index (χ2n) is 3.10. The van der Waals surface area contributed by atoms with E-state index in [1.54, 1.807) is 12.1 Å². The first kappa shape index (κ1) is 8.80. The zero-order valence-electron chi connectivity index (χ0n) is 7.53. The average Bonchev–Trinajstić information content (AvgIpc) is 2.17. The summed E-state index contributed by atoms with van der Waals surface area (Å²) in [6, 6.07) is 5.26. The van der Waals surface area contributed by atoms with Crippen LogP contribution in [-0.4, -0.2) is 18.1 Å². The van der Waals surface area contributed by atoms with Gasteiger partial charge in [0.05, 0.1) is 5.69 Å². The first-order valence-corrected chi connectivity index (χ1v) is 4.37. The van der Waals surface area contributed by atoms with Gasteiger partial charge in [-0.2, -0.15) is 0 Å². The van der Waals surface area contributed by atoms with Crippen LogP contribution in [-0.2, 0) is 6.54 Å². The lowest BCUT2D eigenvalue weighted by molar-refractivity contribution is -0.496. The lowest BCUT2D eigenvalue weighted by Gasteiger charge is -2.19. The third kappa shape index (κ3) is 1.76. The summed E-state index contributed by atoms with van der Waals surface area (Å²) in [5.74, 6) is 0.704. The van der Waals surface area contributed by atoms with Crippen molar-refractivity contribution in [2.24, 2.45) is 0 Å². The maximum atomic E-state index is 10.3. The molecule has 0 radical (unpaired) electrons. The van der Waals surface area contributed by atoms with Crippen LogP contribution in [0.15, 0.2) is 18.2 Å². The molecule has 1 aliphatic rings. The minimum absolute atomic E-state index is 0.156. The summed E-state index contributed by atoms with van der Waals surface area (Å²) in [5.41, 5.74) is 1.57. The Morgan fingerprint density at radius 1 is 1.57 bits per heavy atom. The normalized spacial score (nSPS) is 13.7. The van der Waals surface area contributed by atoms with Crippen LogP contribution in [0.25, 0.3) is 0 Å². The van der Waals surface area contributed by atoms with Crippen LogP contribution in [0.3, 0.4) is 0 Å². The smallest absolute Gasteiger partial charge is 0.229 e. The van der Waals surface area contributed by atoms with E-state index in [1.165, 1.54) is 0 Å². The molecule has 5 heteroatoms. The number of rotatable bonds is 2. The van der Waals surface area contributed by atoms with Gasteiger partial charge in [0.1, 0.15) is 12.4 Å². The number of nitrogens with zero attached hydrogens (tertiary/aromatic N) is 1. The SMILES string of the molecule is O=[N+]([O-])Cc1ccc2c(c1)OCCN2. The van der Waals surface area contributed by atoms with Gasteiger partial charge in [-0.1, -0.05) is 6.07 Å². The van der Waals surface area contributed by atoms with E-state index in [4.69, 9.17) is 4.74 Å². The first-order chi connectivity index (χ1) is 6.75. The molecule has 0 fully saturated rings. The fraction of sp³-hybridized carbons (Fsp3) is 0.333. The third-order valence-electron chi connectivity index (χ3n) is 2.03. The van der Waals surface area contributed by atoms with E-state index in [2.05, 4.69) is 5.32 Å². The van der Waals surface area contributed by atoms with Crippen LogP contribution in [0.2, 0.25) is 0 Å². The van der Waals surface area contributed by atoms with Gasteiger partial charge < -0.3 is 10.1 Å². The summed E-state index contributed by atoms with van der Waals surface area (Å²) in [6.45, 7) is 1.23. The standard InChI is InChI=1S/C9H10N2O3/c12-11(13)6-7-1-2-8-9(5-7)14-4-3-10-8/h1-2,5,10H,3-4,6H2. The molecule has 0 amide bonds. The summed E-state index contributed by atoms with van der Waals surface area (Å²) in [5, 5.41) is 13.4. The van der Waals surface area contributed by atoms with Crippen LogP contribution in [0.5, 0.6) is 5.75 Å². The summed E-state index contributed by atoms with van der Waals surface area (Å²) in [6.07, 6.45) is 0. The van der Waals surface area contributed by atoms with Gasteiger partial charge in [0.25, 0.3) is 0 Å². The zero-order valence-corrected chi connectivity index (χ0v) is 7.53. The molecule has 0 aliphatic carbocycles. The molecule has 0 aromatic heterocycles. The van der Waals surface area contributed by atoms with Crippen LogP contribution in [0, 0.1) is 10.1 Å². The highest BCUT2D eigenvalue weighted by Gasteiger charge is 2.11. The van der Waals surface area contributed by atoms with E-state index in [0.29, 0.717) is 17.9 Å². The van der Waals surface area contributed by atoms with Gasteiger partial charge in [0.15, 0.2) is 0 Å². The topological polar surface area (TPSA) is 64.4 Å². The Bertz CT molecular complexity index is 365.